The van der Waals surface area contributed by atoms with Crippen LogP contribution < -0.4 is 0 Å². The van der Waals surface area contributed by atoms with Gasteiger partial charge in [0.2, 0.25) is 0 Å². The van der Waals surface area contributed by atoms with Crippen LogP contribution in [0, 0.1) is 12.3 Å². The Labute approximate surface area is 89.3 Å². The van der Waals surface area contributed by atoms with E-state index in [2.05, 4.69) is 18.5 Å². The summed E-state index contributed by atoms with van der Waals surface area (Å²) in [5.41, 5.74) is 0.577. The maximum absolute atomic E-state index is 11.7. The van der Waals surface area contributed by atoms with Crippen molar-refractivity contribution in [3.63, 3.8) is 0 Å². The minimum atomic E-state index is -0.103. The van der Waals surface area contributed by atoms with Crippen molar-refractivity contribution in [2.75, 3.05) is 13.6 Å². The van der Waals surface area contributed by atoms with Gasteiger partial charge in [-0.05, 0) is 12.1 Å². The van der Waals surface area contributed by atoms with Gasteiger partial charge in [-0.15, -0.1) is 19.1 Å². The summed E-state index contributed by atoms with van der Waals surface area (Å²) >= 11 is 4.20. The van der Waals surface area contributed by atoms with Crippen molar-refractivity contribution in [1.82, 2.24) is 4.90 Å². The Balaban J connectivity index is 2.91. The van der Waals surface area contributed by atoms with Crippen molar-refractivity contribution in [3.8, 4) is 12.3 Å². The molecule has 0 aromatic heterocycles. The number of hydrogen-bond donors (Lipinski definition) is 1. The van der Waals surface area contributed by atoms with Gasteiger partial charge < -0.3 is 4.90 Å². The second-order valence-electron chi connectivity index (χ2n) is 2.88. The first-order valence-electron chi connectivity index (χ1n) is 4.13. The first kappa shape index (κ1) is 10.7. The topological polar surface area (TPSA) is 20.3 Å². The van der Waals surface area contributed by atoms with Crippen LogP contribution >= 0.6 is 12.6 Å². The Morgan fingerprint density at radius 2 is 2.21 bits per heavy atom. The average Bonchev–Trinajstić information content (AvgIpc) is 2.18. The molecular weight excluding hydrogens is 194 g/mol. The van der Waals surface area contributed by atoms with E-state index >= 15 is 0 Å². The molecule has 0 aliphatic heterocycles. The molecule has 0 bridgehead atoms. The Morgan fingerprint density at radius 1 is 1.57 bits per heavy atom. The second-order valence-corrected chi connectivity index (χ2v) is 3.36. The molecule has 0 radical (unpaired) electrons. The van der Waals surface area contributed by atoms with Gasteiger partial charge in [0.1, 0.15) is 0 Å². The maximum Gasteiger partial charge on any atom is 0.255 e. The van der Waals surface area contributed by atoms with E-state index in [0.29, 0.717) is 17.0 Å². The van der Waals surface area contributed by atoms with Crippen molar-refractivity contribution >= 4 is 18.5 Å². The van der Waals surface area contributed by atoms with Crippen LogP contribution in [0.4, 0.5) is 0 Å². The summed E-state index contributed by atoms with van der Waals surface area (Å²) in [5, 5.41) is 0. The molecular formula is C11H11NOS. The normalized spacial score (nSPS) is 9.21. The van der Waals surface area contributed by atoms with Crippen molar-refractivity contribution in [1.29, 1.82) is 0 Å². The summed E-state index contributed by atoms with van der Waals surface area (Å²) < 4.78 is 0. The highest BCUT2D eigenvalue weighted by molar-refractivity contribution is 7.80. The largest absolute Gasteiger partial charge is 0.331 e. The summed E-state index contributed by atoms with van der Waals surface area (Å²) in [4.78, 5) is 13.9. The van der Waals surface area contributed by atoms with E-state index in [1.807, 2.05) is 6.07 Å². The second kappa shape index (κ2) is 4.73. The molecule has 1 aromatic carbocycles. The minimum absolute atomic E-state index is 0.103. The molecule has 1 amide bonds. The van der Waals surface area contributed by atoms with Gasteiger partial charge in [0.15, 0.2) is 0 Å². The molecule has 1 rings (SSSR count). The first-order chi connectivity index (χ1) is 6.66. The molecule has 72 valence electrons. The fraction of sp³-hybridized carbons (Fsp3) is 0.182. The van der Waals surface area contributed by atoms with Crippen LogP contribution in [-0.2, 0) is 0 Å². The number of benzene rings is 1. The van der Waals surface area contributed by atoms with Gasteiger partial charge in [0.05, 0.1) is 12.1 Å². The Kier molecular flexibility index (Phi) is 3.61. The number of hydrogen-bond acceptors (Lipinski definition) is 2. The van der Waals surface area contributed by atoms with Crippen LogP contribution in [0.2, 0.25) is 0 Å². The Bertz CT molecular complexity index is 381. The van der Waals surface area contributed by atoms with Crippen molar-refractivity contribution < 1.29 is 4.79 Å². The highest BCUT2D eigenvalue weighted by Crippen LogP contribution is 2.14. The predicted molar refractivity (Wildman–Crippen MR) is 59.5 cm³/mol. The van der Waals surface area contributed by atoms with Crippen LogP contribution in [0.3, 0.4) is 0 Å². The van der Waals surface area contributed by atoms with Crippen molar-refractivity contribution in [2.45, 2.75) is 4.90 Å². The lowest BCUT2D eigenvalue weighted by molar-refractivity contribution is 0.0809. The fourth-order valence-corrected chi connectivity index (χ4v) is 1.33. The van der Waals surface area contributed by atoms with Gasteiger partial charge in [-0.1, -0.05) is 18.1 Å². The van der Waals surface area contributed by atoms with Gasteiger partial charge in [0, 0.05) is 11.9 Å². The quantitative estimate of drug-likeness (QED) is 0.575. The van der Waals surface area contributed by atoms with E-state index < -0.39 is 0 Å². The van der Waals surface area contributed by atoms with E-state index in [1.54, 1.807) is 25.2 Å². The molecule has 0 aliphatic carbocycles. The third kappa shape index (κ3) is 2.30. The van der Waals surface area contributed by atoms with Gasteiger partial charge in [-0.2, -0.15) is 0 Å². The number of thiol groups is 1. The summed E-state index contributed by atoms with van der Waals surface area (Å²) in [7, 11) is 1.67. The zero-order valence-corrected chi connectivity index (χ0v) is 8.79. The Hall–Kier alpha value is -1.40. The van der Waals surface area contributed by atoms with Crippen molar-refractivity contribution in [2.24, 2.45) is 0 Å². The molecule has 14 heavy (non-hydrogen) atoms. The Morgan fingerprint density at radius 3 is 2.79 bits per heavy atom. The van der Waals surface area contributed by atoms with Crippen LogP contribution in [0.1, 0.15) is 10.4 Å². The highest BCUT2D eigenvalue weighted by Gasteiger charge is 2.12. The molecule has 0 atom stereocenters. The van der Waals surface area contributed by atoms with Crippen molar-refractivity contribution in [3.05, 3.63) is 29.8 Å². The molecule has 0 spiro atoms. The number of carbonyl (C=O) groups is 1. The van der Waals surface area contributed by atoms with E-state index in [0.717, 1.165) is 0 Å². The number of nitrogens with zero attached hydrogens (tertiary/aromatic N) is 1. The van der Waals surface area contributed by atoms with Crippen LogP contribution in [0.15, 0.2) is 29.2 Å². The van der Waals surface area contributed by atoms with Gasteiger partial charge >= 0.3 is 0 Å². The molecule has 0 N–H and O–H groups in total. The lowest BCUT2D eigenvalue weighted by atomic mass is 10.2. The average molecular weight is 205 g/mol. The van der Waals surface area contributed by atoms with Gasteiger partial charge in [-0.25, -0.2) is 0 Å². The summed E-state index contributed by atoms with van der Waals surface area (Å²) in [6, 6.07) is 7.15. The monoisotopic (exact) mass is 205 g/mol. The lowest BCUT2D eigenvalue weighted by Crippen LogP contribution is -2.27. The number of carbonyl (C=O) groups excluding carboxylic acids is 1. The van der Waals surface area contributed by atoms with E-state index in [1.165, 1.54) is 4.90 Å². The molecule has 0 unspecified atom stereocenters. The van der Waals surface area contributed by atoms with Gasteiger partial charge in [-0.3, -0.25) is 4.79 Å². The first-order valence-corrected chi connectivity index (χ1v) is 4.58. The maximum atomic E-state index is 11.7. The lowest BCUT2D eigenvalue weighted by Gasteiger charge is -2.14. The molecule has 0 aliphatic rings. The molecule has 0 saturated carbocycles. The molecule has 3 heteroatoms. The van der Waals surface area contributed by atoms with E-state index in [4.69, 9.17) is 6.42 Å². The zero-order valence-electron chi connectivity index (χ0n) is 7.90. The van der Waals surface area contributed by atoms with Crippen LogP contribution in [-0.4, -0.2) is 24.4 Å². The molecule has 0 saturated heterocycles. The number of terminal acetylenes is 1. The van der Waals surface area contributed by atoms with E-state index in [-0.39, 0.29) is 5.91 Å². The molecule has 0 heterocycles. The van der Waals surface area contributed by atoms with Crippen LogP contribution in [0.5, 0.6) is 0 Å². The number of amides is 1. The minimum Gasteiger partial charge on any atom is -0.331 e. The summed E-state index contributed by atoms with van der Waals surface area (Å²) in [6.07, 6.45) is 5.12. The molecule has 1 aromatic rings. The van der Waals surface area contributed by atoms with E-state index in [9.17, 15) is 4.79 Å². The third-order valence-corrected chi connectivity index (χ3v) is 2.20. The summed E-state index contributed by atoms with van der Waals surface area (Å²) in [6.45, 7) is 0.306. The highest BCUT2D eigenvalue weighted by atomic mass is 32.1. The zero-order chi connectivity index (χ0) is 10.6. The van der Waals surface area contributed by atoms with Gasteiger partial charge in [0.25, 0.3) is 5.91 Å². The predicted octanol–water partition coefficient (Wildman–Crippen LogP) is 1.68. The standard InChI is InChI=1S/C11H11NOS/c1-3-8-12(2)11(13)9-6-4-5-7-10(9)14/h1,4-7,14H,8H2,2H3. The third-order valence-electron chi connectivity index (χ3n) is 1.81. The van der Waals surface area contributed by atoms with Crippen LogP contribution in [0.25, 0.3) is 0 Å². The fourth-order valence-electron chi connectivity index (χ4n) is 1.07. The smallest absolute Gasteiger partial charge is 0.255 e. The summed E-state index contributed by atoms with van der Waals surface area (Å²) in [5.74, 6) is 2.31. The SMILES string of the molecule is C#CCN(C)C(=O)c1ccccc1S. The number of rotatable bonds is 2. The molecule has 0 fully saturated rings. The molecule has 2 nitrogen and oxygen atoms in total.